The van der Waals surface area contributed by atoms with E-state index in [1.54, 1.807) is 12.1 Å². The molecule has 1 N–H and O–H groups in total. The van der Waals surface area contributed by atoms with Crippen LogP contribution >= 0.6 is 0 Å². The number of likely N-dealkylation sites (tertiary alicyclic amines) is 1. The first-order valence-corrected chi connectivity index (χ1v) is 17.5. The number of aliphatic hydroxyl groups is 1. The Morgan fingerprint density at radius 3 is 2.30 bits per heavy atom. The number of hydrogen-bond acceptors (Lipinski definition) is 7. The predicted molar refractivity (Wildman–Crippen MR) is 169 cm³/mol. The number of sulfone groups is 1. The fraction of sp³-hybridized carbons (Fsp3) is 0.514. The Hall–Kier alpha value is -2.78. The van der Waals surface area contributed by atoms with E-state index in [0.717, 1.165) is 70.8 Å². The normalized spacial score (nSPS) is 27.6. The van der Waals surface area contributed by atoms with E-state index in [1.165, 1.54) is 48.5 Å². The molecule has 1 unspecified atom stereocenters. The fourth-order valence-corrected chi connectivity index (χ4v) is 10.1. The van der Waals surface area contributed by atoms with Crippen molar-refractivity contribution < 1.29 is 13.5 Å². The number of likely N-dealkylation sites (N-methyl/N-ethyl adjacent to an activating group) is 1. The number of fused-ring (bicyclic) bond motifs is 1. The molecule has 2 aromatic carbocycles. The minimum absolute atomic E-state index is 0.0376. The smallest absolute Gasteiger partial charge is 0.206 e. The van der Waals surface area contributed by atoms with Crippen LogP contribution in [0.3, 0.4) is 0 Å². The van der Waals surface area contributed by atoms with Gasteiger partial charge in [0.2, 0.25) is 9.84 Å². The first kappa shape index (κ1) is 29.0. The Bertz CT molecular complexity index is 1520. The second-order valence-electron chi connectivity index (χ2n) is 13.5. The Kier molecular flexibility index (Phi) is 7.83. The van der Waals surface area contributed by atoms with E-state index in [9.17, 15) is 13.5 Å². The molecule has 3 aliphatic heterocycles. The van der Waals surface area contributed by atoms with Crippen LogP contribution in [0.1, 0.15) is 43.2 Å². The van der Waals surface area contributed by atoms with Gasteiger partial charge >= 0.3 is 0 Å². The first-order valence-electron chi connectivity index (χ1n) is 16.0. The Balaban J connectivity index is 0.975. The number of hydrogen-bond donors (Lipinski definition) is 1. The van der Waals surface area contributed by atoms with E-state index < -0.39 is 9.84 Å². The molecule has 1 aliphatic carbocycles. The molecular weight excluding hydrogens is 556 g/mol. The zero-order chi connectivity index (χ0) is 29.6. The van der Waals surface area contributed by atoms with Crippen LogP contribution in [0.2, 0.25) is 0 Å². The van der Waals surface area contributed by atoms with Crippen molar-refractivity contribution >= 4 is 15.5 Å². The van der Waals surface area contributed by atoms with Crippen LogP contribution in [0, 0.1) is 17.8 Å². The maximum atomic E-state index is 12.9. The Morgan fingerprint density at radius 2 is 1.60 bits per heavy atom. The van der Waals surface area contributed by atoms with Crippen LogP contribution < -0.4 is 4.90 Å². The molecule has 3 fully saturated rings. The van der Waals surface area contributed by atoms with Gasteiger partial charge in [-0.3, -0.25) is 4.98 Å². The van der Waals surface area contributed by atoms with Crippen LogP contribution in [0.15, 0.2) is 82.8 Å². The van der Waals surface area contributed by atoms with Crippen molar-refractivity contribution in [3.05, 3.63) is 84.2 Å². The Morgan fingerprint density at radius 1 is 0.907 bits per heavy atom. The lowest BCUT2D eigenvalue weighted by Crippen LogP contribution is -2.58. The molecule has 2 saturated heterocycles. The highest BCUT2D eigenvalue weighted by Crippen LogP contribution is 2.53. The van der Waals surface area contributed by atoms with Crippen molar-refractivity contribution in [1.29, 1.82) is 0 Å². The van der Waals surface area contributed by atoms with E-state index in [0.29, 0.717) is 22.6 Å². The summed E-state index contributed by atoms with van der Waals surface area (Å²) in [5.74, 6) is 1.56. The molecule has 0 bridgehead atoms. The average Bonchev–Trinajstić information content (AvgIpc) is 3.45. The van der Waals surface area contributed by atoms with Gasteiger partial charge in [-0.1, -0.05) is 30.7 Å². The van der Waals surface area contributed by atoms with Crippen LogP contribution in [-0.4, -0.2) is 80.7 Å². The standard InChI is InChI=1S/C35H44N4O3S/c1-37-24-27-5-2-3-6-32(27)35(25-37,33-7-4-8-34(33)40)28-15-19-38(20-16-28)21-26-22-39(23-26)29-9-11-30(12-10-29)43(41,42)31-13-17-36-18-14-31/h2-3,5-6,9-14,17-18,26,28,33-34,40H,4,7-8,15-16,19-25H2,1H3/t33-,34-,35?/m0/s1. The lowest BCUT2D eigenvalue weighted by molar-refractivity contribution is -0.00308. The SMILES string of the molecule is CN1Cc2ccccc2C(C2CCN(CC3CN(c4ccc(S(=O)(=O)c5ccncc5)cc4)C3)CC2)([C@H]2CCC[C@@H]2O)C1. The molecule has 4 heterocycles. The summed E-state index contributed by atoms with van der Waals surface area (Å²) in [6.45, 7) is 7.43. The van der Waals surface area contributed by atoms with Crippen molar-refractivity contribution in [3.8, 4) is 0 Å². The van der Waals surface area contributed by atoms with E-state index >= 15 is 0 Å². The molecule has 4 aliphatic rings. The lowest BCUT2D eigenvalue weighted by atomic mass is 9.56. The summed E-state index contributed by atoms with van der Waals surface area (Å²) in [5, 5.41) is 11.2. The molecule has 8 heteroatoms. The molecule has 7 rings (SSSR count). The number of aliphatic hydroxyl groups excluding tert-OH is 1. The maximum Gasteiger partial charge on any atom is 0.206 e. The number of piperidine rings is 1. The second-order valence-corrected chi connectivity index (χ2v) is 15.5. The molecule has 228 valence electrons. The van der Waals surface area contributed by atoms with Crippen molar-refractivity contribution in [2.45, 2.75) is 60.0 Å². The molecule has 3 atom stereocenters. The second kappa shape index (κ2) is 11.6. The van der Waals surface area contributed by atoms with Crippen LogP contribution in [0.4, 0.5) is 5.69 Å². The summed E-state index contributed by atoms with van der Waals surface area (Å²) in [4.78, 5) is 12.0. The van der Waals surface area contributed by atoms with Gasteiger partial charge in [-0.2, -0.15) is 0 Å². The number of pyridine rings is 1. The highest BCUT2D eigenvalue weighted by atomic mass is 32.2. The van der Waals surface area contributed by atoms with E-state index in [2.05, 4.69) is 51.0 Å². The summed E-state index contributed by atoms with van der Waals surface area (Å²) < 4.78 is 25.8. The van der Waals surface area contributed by atoms with Gasteiger partial charge in [0.1, 0.15) is 0 Å². The van der Waals surface area contributed by atoms with Gasteiger partial charge in [-0.15, -0.1) is 0 Å². The van der Waals surface area contributed by atoms with Crippen molar-refractivity contribution in [3.63, 3.8) is 0 Å². The molecular formula is C35H44N4O3S. The summed E-state index contributed by atoms with van der Waals surface area (Å²) >= 11 is 0. The van der Waals surface area contributed by atoms with Gasteiger partial charge in [0.15, 0.2) is 0 Å². The van der Waals surface area contributed by atoms with Gasteiger partial charge in [0.25, 0.3) is 0 Å². The minimum Gasteiger partial charge on any atom is -0.393 e. The highest BCUT2D eigenvalue weighted by Gasteiger charge is 2.53. The zero-order valence-corrected chi connectivity index (χ0v) is 26.0. The number of anilines is 1. The lowest BCUT2D eigenvalue weighted by Gasteiger charge is -2.54. The molecule has 43 heavy (non-hydrogen) atoms. The average molecular weight is 601 g/mol. The number of benzene rings is 2. The van der Waals surface area contributed by atoms with E-state index in [1.807, 2.05) is 12.1 Å². The molecule has 3 aromatic rings. The number of nitrogens with zero attached hydrogens (tertiary/aromatic N) is 4. The molecule has 1 saturated carbocycles. The number of rotatable bonds is 7. The largest absolute Gasteiger partial charge is 0.393 e. The van der Waals surface area contributed by atoms with Gasteiger partial charge in [-0.25, -0.2) is 8.42 Å². The summed E-state index contributed by atoms with van der Waals surface area (Å²) in [6, 6.07) is 19.5. The quantitative estimate of drug-likeness (QED) is 0.425. The van der Waals surface area contributed by atoms with Gasteiger partial charge in [0, 0.05) is 62.1 Å². The van der Waals surface area contributed by atoms with Gasteiger partial charge < -0.3 is 19.8 Å². The molecule has 0 spiro atoms. The minimum atomic E-state index is -3.53. The predicted octanol–water partition coefficient (Wildman–Crippen LogP) is 4.61. The third kappa shape index (κ3) is 5.30. The topological polar surface area (TPSA) is 77.0 Å². The highest BCUT2D eigenvalue weighted by molar-refractivity contribution is 7.91. The van der Waals surface area contributed by atoms with Crippen molar-refractivity contribution in [2.24, 2.45) is 17.8 Å². The summed E-state index contributed by atoms with van der Waals surface area (Å²) in [6.07, 6.45) is 8.43. The van der Waals surface area contributed by atoms with E-state index in [4.69, 9.17) is 0 Å². The van der Waals surface area contributed by atoms with Crippen molar-refractivity contribution in [1.82, 2.24) is 14.8 Å². The Labute approximate surface area is 256 Å². The third-order valence-corrected chi connectivity index (χ3v) is 12.7. The van der Waals surface area contributed by atoms with Crippen LogP contribution in [0.25, 0.3) is 0 Å². The first-order chi connectivity index (χ1) is 20.8. The van der Waals surface area contributed by atoms with Gasteiger partial charge in [-0.05, 0) is 105 Å². The van der Waals surface area contributed by atoms with Crippen LogP contribution in [0.5, 0.6) is 0 Å². The van der Waals surface area contributed by atoms with Crippen LogP contribution in [-0.2, 0) is 21.8 Å². The van der Waals surface area contributed by atoms with Crippen molar-refractivity contribution in [2.75, 3.05) is 51.2 Å². The molecule has 0 radical (unpaired) electrons. The molecule has 0 amide bonds. The van der Waals surface area contributed by atoms with Gasteiger partial charge in [0.05, 0.1) is 15.9 Å². The fourth-order valence-electron chi connectivity index (χ4n) is 8.88. The monoisotopic (exact) mass is 600 g/mol. The number of aromatic nitrogens is 1. The zero-order valence-electron chi connectivity index (χ0n) is 25.2. The van der Waals surface area contributed by atoms with E-state index in [-0.39, 0.29) is 16.4 Å². The summed E-state index contributed by atoms with van der Waals surface area (Å²) in [7, 11) is -1.27. The summed E-state index contributed by atoms with van der Waals surface area (Å²) in [5.41, 5.74) is 4.10. The maximum absolute atomic E-state index is 12.9. The molecule has 7 nitrogen and oxygen atoms in total. The molecule has 1 aromatic heterocycles. The third-order valence-electron chi connectivity index (χ3n) is 10.9.